The van der Waals surface area contributed by atoms with Gasteiger partial charge in [0.05, 0.1) is 0 Å². The SMILES string of the molecule is CC1(Cc2cnccc2N)CCC(N)C1. The fourth-order valence-corrected chi connectivity index (χ4v) is 2.58. The van der Waals surface area contributed by atoms with Crippen molar-refractivity contribution in [2.45, 2.75) is 38.6 Å². The molecule has 0 saturated heterocycles. The fraction of sp³-hybridized carbons (Fsp3) is 0.583. The van der Waals surface area contributed by atoms with E-state index in [0.717, 1.165) is 30.5 Å². The number of hydrogen-bond donors (Lipinski definition) is 2. The molecule has 0 radical (unpaired) electrons. The molecule has 1 fully saturated rings. The van der Waals surface area contributed by atoms with Crippen molar-refractivity contribution in [2.75, 3.05) is 5.73 Å². The maximum absolute atomic E-state index is 5.96. The summed E-state index contributed by atoms with van der Waals surface area (Å²) in [6.07, 6.45) is 8.05. The zero-order chi connectivity index (χ0) is 10.9. The van der Waals surface area contributed by atoms with Crippen molar-refractivity contribution in [3.05, 3.63) is 24.0 Å². The molecular formula is C12H19N3. The Hall–Kier alpha value is -1.09. The Morgan fingerprint density at radius 1 is 1.60 bits per heavy atom. The summed E-state index contributed by atoms with van der Waals surface area (Å²) in [5.74, 6) is 0. The number of nitrogens with zero attached hydrogens (tertiary/aromatic N) is 1. The van der Waals surface area contributed by atoms with E-state index in [0.29, 0.717) is 11.5 Å². The summed E-state index contributed by atoms with van der Waals surface area (Å²) in [7, 11) is 0. The molecule has 1 aliphatic carbocycles. The Bertz CT molecular complexity index is 350. The topological polar surface area (TPSA) is 64.9 Å². The van der Waals surface area contributed by atoms with Gasteiger partial charge in [-0.05, 0) is 42.7 Å². The molecule has 2 rings (SSSR count). The number of pyridine rings is 1. The van der Waals surface area contributed by atoms with Gasteiger partial charge in [-0.25, -0.2) is 0 Å². The molecule has 82 valence electrons. The van der Waals surface area contributed by atoms with Crippen LogP contribution in [-0.4, -0.2) is 11.0 Å². The van der Waals surface area contributed by atoms with Crippen molar-refractivity contribution < 1.29 is 0 Å². The third kappa shape index (κ3) is 2.29. The minimum Gasteiger partial charge on any atom is -0.398 e. The van der Waals surface area contributed by atoms with Crippen LogP contribution in [0.25, 0.3) is 0 Å². The molecule has 0 aromatic carbocycles. The molecule has 0 bridgehead atoms. The highest BCUT2D eigenvalue weighted by atomic mass is 14.7. The van der Waals surface area contributed by atoms with Gasteiger partial charge in [0.15, 0.2) is 0 Å². The van der Waals surface area contributed by atoms with E-state index >= 15 is 0 Å². The summed E-state index contributed by atoms with van der Waals surface area (Å²) < 4.78 is 0. The molecule has 2 unspecified atom stereocenters. The van der Waals surface area contributed by atoms with Crippen molar-refractivity contribution >= 4 is 5.69 Å². The first kappa shape index (κ1) is 10.4. The second-order valence-electron chi connectivity index (χ2n) is 5.06. The smallest absolute Gasteiger partial charge is 0.0377 e. The van der Waals surface area contributed by atoms with Gasteiger partial charge in [0, 0.05) is 24.1 Å². The Labute approximate surface area is 90.9 Å². The van der Waals surface area contributed by atoms with Gasteiger partial charge in [0.25, 0.3) is 0 Å². The standard InChI is InChI=1S/C12H19N3/c1-12(4-2-10(13)7-12)6-9-8-15-5-3-11(9)14/h3,5,8,10H,2,4,6-7,13H2,1H3,(H2,14,15). The zero-order valence-corrected chi connectivity index (χ0v) is 9.24. The quantitative estimate of drug-likeness (QED) is 0.772. The molecule has 1 aromatic heterocycles. The molecular weight excluding hydrogens is 186 g/mol. The second-order valence-corrected chi connectivity index (χ2v) is 5.06. The summed E-state index contributed by atoms with van der Waals surface area (Å²) in [5.41, 5.74) is 14.2. The highest BCUT2D eigenvalue weighted by Gasteiger charge is 2.33. The van der Waals surface area contributed by atoms with E-state index in [1.165, 1.54) is 6.42 Å². The van der Waals surface area contributed by atoms with Crippen LogP contribution >= 0.6 is 0 Å². The van der Waals surface area contributed by atoms with Crippen LogP contribution in [0.2, 0.25) is 0 Å². The summed E-state index contributed by atoms with van der Waals surface area (Å²) in [5, 5.41) is 0. The maximum Gasteiger partial charge on any atom is 0.0377 e. The van der Waals surface area contributed by atoms with Crippen LogP contribution < -0.4 is 11.5 Å². The molecule has 0 amide bonds. The Balaban J connectivity index is 2.12. The summed E-state index contributed by atoms with van der Waals surface area (Å²) in [6.45, 7) is 2.30. The fourth-order valence-electron chi connectivity index (χ4n) is 2.58. The number of anilines is 1. The van der Waals surface area contributed by atoms with Crippen LogP contribution in [0, 0.1) is 5.41 Å². The van der Waals surface area contributed by atoms with Crippen molar-refractivity contribution in [2.24, 2.45) is 11.1 Å². The minimum atomic E-state index is 0.316. The van der Waals surface area contributed by atoms with Crippen LogP contribution in [0.4, 0.5) is 5.69 Å². The number of rotatable bonds is 2. The summed E-state index contributed by atoms with van der Waals surface area (Å²) in [4.78, 5) is 4.13. The van der Waals surface area contributed by atoms with E-state index in [-0.39, 0.29) is 0 Å². The van der Waals surface area contributed by atoms with Gasteiger partial charge in [-0.3, -0.25) is 4.98 Å². The lowest BCUT2D eigenvalue weighted by molar-refractivity contribution is 0.330. The maximum atomic E-state index is 5.96. The summed E-state index contributed by atoms with van der Waals surface area (Å²) >= 11 is 0. The van der Waals surface area contributed by atoms with E-state index in [2.05, 4.69) is 11.9 Å². The van der Waals surface area contributed by atoms with Gasteiger partial charge in [-0.15, -0.1) is 0 Å². The number of aromatic nitrogens is 1. The Morgan fingerprint density at radius 3 is 3.00 bits per heavy atom. The molecule has 1 aromatic rings. The lowest BCUT2D eigenvalue weighted by atomic mass is 9.82. The predicted molar refractivity (Wildman–Crippen MR) is 62.3 cm³/mol. The first-order valence-corrected chi connectivity index (χ1v) is 5.53. The van der Waals surface area contributed by atoms with Crippen LogP contribution in [0.3, 0.4) is 0 Å². The van der Waals surface area contributed by atoms with Crippen LogP contribution in [0.5, 0.6) is 0 Å². The third-order valence-electron chi connectivity index (χ3n) is 3.43. The molecule has 4 N–H and O–H groups in total. The van der Waals surface area contributed by atoms with Gasteiger partial charge in [-0.2, -0.15) is 0 Å². The van der Waals surface area contributed by atoms with Gasteiger partial charge >= 0.3 is 0 Å². The third-order valence-corrected chi connectivity index (χ3v) is 3.43. The molecule has 1 heterocycles. The van der Waals surface area contributed by atoms with Crippen molar-refractivity contribution in [3.63, 3.8) is 0 Å². The van der Waals surface area contributed by atoms with E-state index < -0.39 is 0 Å². The zero-order valence-electron chi connectivity index (χ0n) is 9.24. The van der Waals surface area contributed by atoms with Gasteiger partial charge in [0.2, 0.25) is 0 Å². The normalized spacial score (nSPS) is 30.7. The molecule has 3 heteroatoms. The van der Waals surface area contributed by atoms with Crippen molar-refractivity contribution in [3.8, 4) is 0 Å². The number of hydrogen-bond acceptors (Lipinski definition) is 3. The molecule has 1 saturated carbocycles. The van der Waals surface area contributed by atoms with Crippen LogP contribution in [-0.2, 0) is 6.42 Å². The predicted octanol–water partition coefficient (Wildman–Crippen LogP) is 1.72. The average molecular weight is 205 g/mol. The van der Waals surface area contributed by atoms with Crippen molar-refractivity contribution in [1.82, 2.24) is 4.98 Å². The highest BCUT2D eigenvalue weighted by Crippen LogP contribution is 2.40. The van der Waals surface area contributed by atoms with Crippen LogP contribution in [0.15, 0.2) is 18.5 Å². The van der Waals surface area contributed by atoms with Gasteiger partial charge < -0.3 is 11.5 Å². The Kier molecular flexibility index (Phi) is 2.65. The van der Waals surface area contributed by atoms with Gasteiger partial charge in [0.1, 0.15) is 0 Å². The molecule has 3 nitrogen and oxygen atoms in total. The molecule has 0 spiro atoms. The lowest BCUT2D eigenvalue weighted by Crippen LogP contribution is -2.21. The largest absolute Gasteiger partial charge is 0.398 e. The van der Waals surface area contributed by atoms with E-state index in [4.69, 9.17) is 11.5 Å². The second kappa shape index (κ2) is 3.81. The Morgan fingerprint density at radius 2 is 2.40 bits per heavy atom. The number of nitrogens with two attached hydrogens (primary N) is 2. The monoisotopic (exact) mass is 205 g/mol. The molecule has 1 aliphatic rings. The van der Waals surface area contributed by atoms with E-state index in [1.807, 2.05) is 12.3 Å². The van der Waals surface area contributed by atoms with Gasteiger partial charge in [-0.1, -0.05) is 6.92 Å². The highest BCUT2D eigenvalue weighted by molar-refractivity contribution is 5.44. The molecule has 2 atom stereocenters. The van der Waals surface area contributed by atoms with Crippen molar-refractivity contribution in [1.29, 1.82) is 0 Å². The molecule has 0 aliphatic heterocycles. The summed E-state index contributed by atoms with van der Waals surface area (Å²) in [6, 6.07) is 2.24. The van der Waals surface area contributed by atoms with Crippen LogP contribution in [0.1, 0.15) is 31.7 Å². The van der Waals surface area contributed by atoms with E-state index in [1.54, 1.807) is 6.20 Å². The first-order chi connectivity index (χ1) is 7.09. The minimum absolute atomic E-state index is 0.316. The number of nitrogen functional groups attached to an aromatic ring is 1. The van der Waals surface area contributed by atoms with E-state index in [9.17, 15) is 0 Å². The lowest BCUT2D eigenvalue weighted by Gasteiger charge is -2.24. The first-order valence-electron chi connectivity index (χ1n) is 5.53. The molecule has 15 heavy (non-hydrogen) atoms. The average Bonchev–Trinajstić information content (AvgIpc) is 2.51.